The SMILES string of the molecule is O=CC1=CC[C@@H](c2ccco2)[C@H]([N+](=O)[O-])[C@H]1c1ccco1. The number of furan rings is 2. The molecule has 0 spiro atoms. The minimum Gasteiger partial charge on any atom is -0.469 e. The summed E-state index contributed by atoms with van der Waals surface area (Å²) in [6.45, 7) is 0. The predicted molar refractivity (Wildman–Crippen MR) is 72.4 cm³/mol. The van der Waals surface area contributed by atoms with Crippen LogP contribution in [0.5, 0.6) is 0 Å². The topological polar surface area (TPSA) is 86.5 Å². The first-order valence-corrected chi connectivity index (χ1v) is 6.58. The van der Waals surface area contributed by atoms with Gasteiger partial charge in [-0.1, -0.05) is 6.08 Å². The third-order valence-electron chi connectivity index (χ3n) is 3.86. The Labute approximate surface area is 120 Å². The van der Waals surface area contributed by atoms with E-state index >= 15 is 0 Å². The van der Waals surface area contributed by atoms with E-state index < -0.39 is 17.9 Å². The molecule has 0 saturated heterocycles. The molecule has 0 N–H and O–H groups in total. The molecule has 108 valence electrons. The maximum absolute atomic E-state index is 11.6. The van der Waals surface area contributed by atoms with E-state index in [4.69, 9.17) is 8.83 Å². The van der Waals surface area contributed by atoms with Gasteiger partial charge in [0, 0.05) is 10.5 Å². The van der Waals surface area contributed by atoms with Crippen LogP contribution in [-0.2, 0) is 4.79 Å². The van der Waals surface area contributed by atoms with Gasteiger partial charge in [-0.2, -0.15) is 0 Å². The molecule has 0 aliphatic heterocycles. The van der Waals surface area contributed by atoms with Gasteiger partial charge < -0.3 is 8.83 Å². The van der Waals surface area contributed by atoms with Gasteiger partial charge in [0.05, 0.1) is 18.4 Å². The van der Waals surface area contributed by atoms with Gasteiger partial charge in [0.15, 0.2) is 0 Å². The maximum Gasteiger partial charge on any atom is 0.237 e. The summed E-state index contributed by atoms with van der Waals surface area (Å²) in [5.74, 6) is -0.147. The van der Waals surface area contributed by atoms with Crippen LogP contribution in [0.25, 0.3) is 0 Å². The minimum atomic E-state index is -0.993. The molecule has 0 radical (unpaired) electrons. The fraction of sp³-hybridized carbons (Fsp3) is 0.267. The molecule has 3 atom stereocenters. The second kappa shape index (κ2) is 5.40. The maximum atomic E-state index is 11.6. The van der Waals surface area contributed by atoms with Gasteiger partial charge >= 0.3 is 0 Å². The second-order valence-corrected chi connectivity index (χ2v) is 4.95. The molecule has 6 nitrogen and oxygen atoms in total. The van der Waals surface area contributed by atoms with Gasteiger partial charge in [0.1, 0.15) is 23.7 Å². The van der Waals surface area contributed by atoms with E-state index in [1.165, 1.54) is 12.5 Å². The highest BCUT2D eigenvalue weighted by Crippen LogP contribution is 2.42. The summed E-state index contributed by atoms with van der Waals surface area (Å²) in [6, 6.07) is 5.74. The second-order valence-electron chi connectivity index (χ2n) is 4.95. The Bertz CT molecular complexity index is 656. The van der Waals surface area contributed by atoms with E-state index in [0.29, 0.717) is 29.8 Å². The lowest BCUT2D eigenvalue weighted by atomic mass is 9.75. The third-order valence-corrected chi connectivity index (χ3v) is 3.86. The highest BCUT2D eigenvalue weighted by atomic mass is 16.6. The van der Waals surface area contributed by atoms with Gasteiger partial charge in [-0.3, -0.25) is 14.9 Å². The van der Waals surface area contributed by atoms with Crippen molar-refractivity contribution in [3.05, 3.63) is 70.1 Å². The molecule has 2 aromatic rings. The molecule has 21 heavy (non-hydrogen) atoms. The Morgan fingerprint density at radius 1 is 1.19 bits per heavy atom. The van der Waals surface area contributed by atoms with Gasteiger partial charge in [-0.25, -0.2) is 0 Å². The highest BCUT2D eigenvalue weighted by molar-refractivity contribution is 5.76. The van der Waals surface area contributed by atoms with Crippen LogP contribution in [0.3, 0.4) is 0 Å². The van der Waals surface area contributed by atoms with Crippen molar-refractivity contribution in [2.75, 3.05) is 0 Å². The molecule has 0 bridgehead atoms. The van der Waals surface area contributed by atoms with Crippen molar-refractivity contribution < 1.29 is 18.6 Å². The van der Waals surface area contributed by atoms with Crippen molar-refractivity contribution in [1.29, 1.82) is 0 Å². The smallest absolute Gasteiger partial charge is 0.237 e. The summed E-state index contributed by atoms with van der Waals surface area (Å²) in [6.07, 6.45) is 5.73. The molecule has 0 unspecified atom stereocenters. The molecule has 0 saturated carbocycles. The molecule has 1 aliphatic rings. The van der Waals surface area contributed by atoms with Gasteiger partial charge in [-0.15, -0.1) is 0 Å². The summed E-state index contributed by atoms with van der Waals surface area (Å²) in [5.41, 5.74) is 0.384. The van der Waals surface area contributed by atoms with E-state index in [-0.39, 0.29) is 4.92 Å². The summed E-state index contributed by atoms with van der Waals surface area (Å²) in [5, 5.41) is 11.6. The monoisotopic (exact) mass is 287 g/mol. The summed E-state index contributed by atoms with van der Waals surface area (Å²) in [7, 11) is 0. The van der Waals surface area contributed by atoms with Crippen molar-refractivity contribution in [3.63, 3.8) is 0 Å². The molecule has 6 heteroatoms. The van der Waals surface area contributed by atoms with Gasteiger partial charge in [0.2, 0.25) is 6.04 Å². The van der Waals surface area contributed by atoms with Gasteiger partial charge in [-0.05, 0) is 30.7 Å². The molecular formula is C15H13NO5. The Hall–Kier alpha value is -2.63. The van der Waals surface area contributed by atoms with Crippen molar-refractivity contribution in [2.45, 2.75) is 24.3 Å². The lowest BCUT2D eigenvalue weighted by Gasteiger charge is -2.28. The third kappa shape index (κ3) is 2.29. The average molecular weight is 287 g/mol. The Morgan fingerprint density at radius 3 is 2.38 bits per heavy atom. The quantitative estimate of drug-likeness (QED) is 0.490. The number of hydrogen-bond acceptors (Lipinski definition) is 5. The molecule has 2 heterocycles. The fourth-order valence-electron chi connectivity index (χ4n) is 2.94. The van der Waals surface area contributed by atoms with Crippen LogP contribution in [0.4, 0.5) is 0 Å². The fourth-order valence-corrected chi connectivity index (χ4v) is 2.94. The van der Waals surface area contributed by atoms with Gasteiger partial charge in [0.25, 0.3) is 0 Å². The normalized spacial score (nSPS) is 25.3. The van der Waals surface area contributed by atoms with E-state index in [1.54, 1.807) is 30.3 Å². The Balaban J connectivity index is 2.08. The molecule has 2 aromatic heterocycles. The molecule has 1 aliphatic carbocycles. The van der Waals surface area contributed by atoms with Crippen molar-refractivity contribution in [3.8, 4) is 0 Å². The van der Waals surface area contributed by atoms with Crippen molar-refractivity contribution in [2.24, 2.45) is 0 Å². The summed E-state index contributed by atoms with van der Waals surface area (Å²) >= 11 is 0. The molecule has 0 aromatic carbocycles. The Morgan fingerprint density at radius 2 is 1.86 bits per heavy atom. The number of hydrogen-bond donors (Lipinski definition) is 0. The highest BCUT2D eigenvalue weighted by Gasteiger charge is 2.47. The number of aldehydes is 1. The lowest BCUT2D eigenvalue weighted by Crippen LogP contribution is -2.37. The van der Waals surface area contributed by atoms with Crippen molar-refractivity contribution >= 4 is 6.29 Å². The number of allylic oxidation sites excluding steroid dienone is 1. The number of nitro groups is 1. The number of carbonyl (C=O) groups excluding carboxylic acids is 1. The summed E-state index contributed by atoms with van der Waals surface area (Å²) in [4.78, 5) is 22.5. The average Bonchev–Trinajstić information content (AvgIpc) is 3.18. The van der Waals surface area contributed by atoms with Crippen LogP contribution in [0.15, 0.2) is 57.3 Å². The zero-order valence-corrected chi connectivity index (χ0v) is 11.0. The zero-order chi connectivity index (χ0) is 14.8. The summed E-state index contributed by atoms with van der Waals surface area (Å²) < 4.78 is 10.7. The van der Waals surface area contributed by atoms with E-state index in [9.17, 15) is 14.9 Å². The van der Waals surface area contributed by atoms with Crippen LogP contribution in [-0.4, -0.2) is 17.3 Å². The van der Waals surface area contributed by atoms with Crippen LogP contribution in [0, 0.1) is 10.1 Å². The van der Waals surface area contributed by atoms with Crippen LogP contribution in [0.1, 0.15) is 29.8 Å². The van der Waals surface area contributed by atoms with E-state index in [2.05, 4.69) is 0 Å². The molecule has 0 amide bonds. The number of carbonyl (C=O) groups is 1. The van der Waals surface area contributed by atoms with E-state index in [0.717, 1.165) is 0 Å². The van der Waals surface area contributed by atoms with E-state index in [1.807, 2.05) is 0 Å². The first-order chi connectivity index (χ1) is 10.2. The standard InChI is InChI=1S/C15H13NO5/c17-9-10-5-6-11(12-3-1-7-20-12)15(16(18)19)14(10)13-4-2-8-21-13/h1-5,7-9,11,14-15H,6H2/t11-,14+,15-/m0/s1. The van der Waals surface area contributed by atoms with Crippen LogP contribution in [0.2, 0.25) is 0 Å². The Kier molecular flexibility index (Phi) is 3.43. The predicted octanol–water partition coefficient (Wildman–Crippen LogP) is 2.91. The molecular weight excluding hydrogens is 274 g/mol. The number of rotatable bonds is 4. The zero-order valence-electron chi connectivity index (χ0n) is 11.0. The first kappa shape index (κ1) is 13.4. The minimum absolute atomic E-state index is 0.350. The number of nitrogens with zero attached hydrogens (tertiary/aromatic N) is 1. The van der Waals surface area contributed by atoms with Crippen LogP contribution >= 0.6 is 0 Å². The molecule has 3 rings (SSSR count). The first-order valence-electron chi connectivity index (χ1n) is 6.58. The van der Waals surface area contributed by atoms with Crippen LogP contribution < -0.4 is 0 Å². The largest absolute Gasteiger partial charge is 0.469 e. The molecule has 0 fully saturated rings. The lowest BCUT2D eigenvalue weighted by molar-refractivity contribution is -0.531. The van der Waals surface area contributed by atoms with Crippen molar-refractivity contribution in [1.82, 2.24) is 0 Å².